The number of alkyl halides is 1. The fourth-order valence-corrected chi connectivity index (χ4v) is 2.01. The predicted molar refractivity (Wildman–Crippen MR) is 68.7 cm³/mol. The summed E-state index contributed by atoms with van der Waals surface area (Å²) in [5.41, 5.74) is 3.06. The molecule has 0 N–H and O–H groups in total. The smallest absolute Gasteiger partial charge is 0.0223 e. The predicted octanol–water partition coefficient (Wildman–Crippen LogP) is 4.59. The third kappa shape index (κ3) is 4.70. The maximum Gasteiger partial charge on any atom is 0.0223 e. The molecule has 0 atom stereocenters. The summed E-state index contributed by atoms with van der Waals surface area (Å²) in [6.45, 7) is 2.25. The lowest BCUT2D eigenvalue weighted by Crippen LogP contribution is -1.94. The molecule has 0 radical (unpaired) electrons. The standard InChI is InChI=1S/C14H21Cl/c1-2-3-8-13-9-4-5-10-14(13)11-6-7-12-15/h4-5,9-10H,2-3,6-8,11-12H2,1H3. The van der Waals surface area contributed by atoms with Crippen LogP contribution in [0.1, 0.15) is 43.7 Å². The average Bonchev–Trinajstić information content (AvgIpc) is 2.28. The van der Waals surface area contributed by atoms with Crippen molar-refractivity contribution in [1.82, 2.24) is 0 Å². The summed E-state index contributed by atoms with van der Waals surface area (Å²) in [6.07, 6.45) is 7.33. The largest absolute Gasteiger partial charge is 0.127 e. The van der Waals surface area contributed by atoms with E-state index in [2.05, 4.69) is 31.2 Å². The van der Waals surface area contributed by atoms with Crippen LogP contribution in [0.4, 0.5) is 0 Å². The van der Waals surface area contributed by atoms with Crippen molar-refractivity contribution in [1.29, 1.82) is 0 Å². The summed E-state index contributed by atoms with van der Waals surface area (Å²) < 4.78 is 0. The topological polar surface area (TPSA) is 0 Å². The van der Waals surface area contributed by atoms with Crippen LogP contribution in [0.25, 0.3) is 0 Å². The minimum absolute atomic E-state index is 0.789. The third-order valence-corrected chi connectivity index (χ3v) is 3.02. The Morgan fingerprint density at radius 2 is 1.53 bits per heavy atom. The second-order valence-electron chi connectivity index (χ2n) is 4.02. The molecule has 1 heteroatoms. The van der Waals surface area contributed by atoms with Gasteiger partial charge < -0.3 is 0 Å². The van der Waals surface area contributed by atoms with Crippen LogP contribution in [0.3, 0.4) is 0 Å². The van der Waals surface area contributed by atoms with E-state index in [0.29, 0.717) is 0 Å². The Morgan fingerprint density at radius 1 is 0.933 bits per heavy atom. The summed E-state index contributed by atoms with van der Waals surface area (Å²) >= 11 is 5.69. The van der Waals surface area contributed by atoms with Crippen molar-refractivity contribution in [3.05, 3.63) is 35.4 Å². The number of hydrogen-bond acceptors (Lipinski definition) is 0. The van der Waals surface area contributed by atoms with Crippen molar-refractivity contribution >= 4 is 11.6 Å². The van der Waals surface area contributed by atoms with Gasteiger partial charge in [0.1, 0.15) is 0 Å². The van der Waals surface area contributed by atoms with E-state index in [-0.39, 0.29) is 0 Å². The second-order valence-corrected chi connectivity index (χ2v) is 4.40. The normalized spacial score (nSPS) is 10.5. The molecule has 0 heterocycles. The first-order valence-corrected chi connectivity index (χ1v) is 6.54. The molecule has 0 saturated heterocycles. The molecule has 1 aromatic rings. The molecular weight excluding hydrogens is 204 g/mol. The molecule has 0 aliphatic carbocycles. The molecule has 0 aliphatic heterocycles. The highest BCUT2D eigenvalue weighted by Gasteiger charge is 2.00. The van der Waals surface area contributed by atoms with Gasteiger partial charge >= 0.3 is 0 Å². The molecule has 1 rings (SSSR count). The summed E-state index contributed by atoms with van der Waals surface area (Å²) in [7, 11) is 0. The average molecular weight is 225 g/mol. The lowest BCUT2D eigenvalue weighted by atomic mass is 9.98. The van der Waals surface area contributed by atoms with E-state index < -0.39 is 0 Å². The second kappa shape index (κ2) is 7.76. The van der Waals surface area contributed by atoms with E-state index in [1.807, 2.05) is 0 Å². The van der Waals surface area contributed by atoms with Crippen LogP contribution < -0.4 is 0 Å². The first kappa shape index (κ1) is 12.6. The van der Waals surface area contributed by atoms with Gasteiger partial charge in [0, 0.05) is 5.88 Å². The van der Waals surface area contributed by atoms with Gasteiger partial charge in [-0.15, -0.1) is 11.6 Å². The molecule has 1 aromatic carbocycles. The monoisotopic (exact) mass is 224 g/mol. The number of rotatable bonds is 7. The Bertz CT molecular complexity index is 268. The van der Waals surface area contributed by atoms with Crippen molar-refractivity contribution in [2.45, 2.75) is 45.4 Å². The highest BCUT2D eigenvalue weighted by molar-refractivity contribution is 6.17. The van der Waals surface area contributed by atoms with Gasteiger partial charge in [0.15, 0.2) is 0 Å². The fraction of sp³-hybridized carbons (Fsp3) is 0.571. The van der Waals surface area contributed by atoms with Crippen molar-refractivity contribution in [2.75, 3.05) is 5.88 Å². The molecule has 15 heavy (non-hydrogen) atoms. The Hall–Kier alpha value is -0.490. The maximum atomic E-state index is 5.69. The number of hydrogen-bond donors (Lipinski definition) is 0. The van der Waals surface area contributed by atoms with Gasteiger partial charge in [-0.1, -0.05) is 37.6 Å². The van der Waals surface area contributed by atoms with Crippen LogP contribution in [0.5, 0.6) is 0 Å². The zero-order chi connectivity index (χ0) is 10.9. The van der Waals surface area contributed by atoms with Gasteiger partial charge in [0.2, 0.25) is 0 Å². The molecule has 0 fully saturated rings. The minimum Gasteiger partial charge on any atom is -0.127 e. The summed E-state index contributed by atoms with van der Waals surface area (Å²) in [6, 6.07) is 8.83. The van der Waals surface area contributed by atoms with E-state index >= 15 is 0 Å². The Balaban J connectivity index is 2.52. The Morgan fingerprint density at radius 3 is 2.07 bits per heavy atom. The van der Waals surface area contributed by atoms with Gasteiger partial charge in [-0.2, -0.15) is 0 Å². The minimum atomic E-state index is 0.789. The number of unbranched alkanes of at least 4 members (excludes halogenated alkanes) is 2. The van der Waals surface area contributed by atoms with Gasteiger partial charge in [0.25, 0.3) is 0 Å². The van der Waals surface area contributed by atoms with Gasteiger partial charge in [0.05, 0.1) is 0 Å². The first-order valence-electron chi connectivity index (χ1n) is 6.01. The summed E-state index contributed by atoms with van der Waals surface area (Å²) in [5.74, 6) is 0.789. The van der Waals surface area contributed by atoms with E-state index in [1.54, 1.807) is 0 Å². The zero-order valence-corrected chi connectivity index (χ0v) is 10.4. The molecule has 84 valence electrons. The van der Waals surface area contributed by atoms with Crippen molar-refractivity contribution < 1.29 is 0 Å². The van der Waals surface area contributed by atoms with Crippen LogP contribution in [-0.2, 0) is 12.8 Å². The highest BCUT2D eigenvalue weighted by atomic mass is 35.5. The van der Waals surface area contributed by atoms with Gasteiger partial charge in [-0.25, -0.2) is 0 Å². The lowest BCUT2D eigenvalue weighted by molar-refractivity contribution is 0.760. The molecule has 0 saturated carbocycles. The quantitative estimate of drug-likeness (QED) is 0.470. The highest BCUT2D eigenvalue weighted by Crippen LogP contribution is 2.14. The first-order chi connectivity index (χ1) is 7.38. The molecule has 0 nitrogen and oxygen atoms in total. The third-order valence-electron chi connectivity index (χ3n) is 2.75. The summed E-state index contributed by atoms with van der Waals surface area (Å²) in [5, 5.41) is 0. The molecule has 0 amide bonds. The van der Waals surface area contributed by atoms with E-state index in [9.17, 15) is 0 Å². The van der Waals surface area contributed by atoms with Crippen LogP contribution in [0.2, 0.25) is 0 Å². The van der Waals surface area contributed by atoms with Gasteiger partial charge in [-0.3, -0.25) is 0 Å². The summed E-state index contributed by atoms with van der Waals surface area (Å²) in [4.78, 5) is 0. The molecule has 0 bridgehead atoms. The van der Waals surface area contributed by atoms with E-state index in [1.165, 1.54) is 43.2 Å². The van der Waals surface area contributed by atoms with Crippen LogP contribution in [-0.4, -0.2) is 5.88 Å². The van der Waals surface area contributed by atoms with Crippen LogP contribution in [0.15, 0.2) is 24.3 Å². The Kier molecular flexibility index (Phi) is 6.50. The lowest BCUT2D eigenvalue weighted by Gasteiger charge is -2.08. The molecule has 0 spiro atoms. The number of aryl methyl sites for hydroxylation is 2. The SMILES string of the molecule is CCCCc1ccccc1CCCCCl. The maximum absolute atomic E-state index is 5.69. The van der Waals surface area contributed by atoms with Crippen molar-refractivity contribution in [2.24, 2.45) is 0 Å². The van der Waals surface area contributed by atoms with Crippen LogP contribution in [0, 0.1) is 0 Å². The van der Waals surface area contributed by atoms with Crippen molar-refractivity contribution in [3.63, 3.8) is 0 Å². The molecule has 0 aromatic heterocycles. The molecular formula is C14H21Cl. The van der Waals surface area contributed by atoms with E-state index in [0.717, 1.165) is 12.3 Å². The van der Waals surface area contributed by atoms with Crippen LogP contribution >= 0.6 is 11.6 Å². The number of benzene rings is 1. The molecule has 0 unspecified atom stereocenters. The number of halogens is 1. The van der Waals surface area contributed by atoms with E-state index in [4.69, 9.17) is 11.6 Å². The Labute approximate surface area is 98.7 Å². The zero-order valence-electron chi connectivity index (χ0n) is 9.64. The molecule has 0 aliphatic rings. The van der Waals surface area contributed by atoms with Crippen molar-refractivity contribution in [3.8, 4) is 0 Å². The van der Waals surface area contributed by atoms with Gasteiger partial charge in [-0.05, 0) is 43.2 Å². The fourth-order valence-electron chi connectivity index (χ4n) is 1.82.